The van der Waals surface area contributed by atoms with Crippen LogP contribution in [0.4, 0.5) is 0 Å². The van der Waals surface area contributed by atoms with Crippen LogP contribution in [0.25, 0.3) is 10.8 Å². The number of fused-ring (bicyclic) bond motifs is 1. The topological polar surface area (TPSA) is 18.5 Å². The average molecular weight is 288 g/mol. The highest BCUT2D eigenvalue weighted by atomic mass is 32.2. The molecule has 3 heteroatoms. The number of ether oxygens (including phenoxy) is 2. The molecule has 106 valence electrons. The van der Waals surface area contributed by atoms with Crippen LogP contribution in [0.3, 0.4) is 0 Å². The molecular formula is C17H20O2S. The molecule has 0 bridgehead atoms. The lowest BCUT2D eigenvalue weighted by Gasteiger charge is -2.18. The Balaban J connectivity index is 2.04. The van der Waals surface area contributed by atoms with Gasteiger partial charge < -0.3 is 9.47 Å². The smallest absolute Gasteiger partial charge is 0.196 e. The molecule has 1 aliphatic heterocycles. The van der Waals surface area contributed by atoms with Crippen molar-refractivity contribution >= 4 is 22.5 Å². The predicted molar refractivity (Wildman–Crippen MR) is 85.5 cm³/mol. The van der Waals surface area contributed by atoms with Gasteiger partial charge in [0, 0.05) is 17.7 Å². The first-order valence-corrected chi connectivity index (χ1v) is 8.17. The van der Waals surface area contributed by atoms with Gasteiger partial charge in [-0.3, -0.25) is 0 Å². The third kappa shape index (κ3) is 2.65. The maximum Gasteiger partial charge on any atom is 0.196 e. The zero-order valence-corrected chi connectivity index (χ0v) is 12.8. The molecule has 2 unspecified atom stereocenters. The van der Waals surface area contributed by atoms with Gasteiger partial charge in [-0.1, -0.05) is 30.3 Å². The highest BCUT2D eigenvalue weighted by Gasteiger charge is 2.20. The largest absolute Gasteiger partial charge is 0.465 e. The number of benzene rings is 2. The summed E-state index contributed by atoms with van der Waals surface area (Å²) in [6, 6.07) is 12.8. The summed E-state index contributed by atoms with van der Waals surface area (Å²) in [7, 11) is 1.66. The summed E-state index contributed by atoms with van der Waals surface area (Å²) in [5, 5.41) is 3.13. The highest BCUT2D eigenvalue weighted by Crippen LogP contribution is 2.44. The van der Waals surface area contributed by atoms with Gasteiger partial charge in [-0.25, -0.2) is 0 Å². The van der Waals surface area contributed by atoms with Gasteiger partial charge in [-0.15, -0.1) is 0 Å². The molecule has 2 aromatic carbocycles. The molecule has 2 atom stereocenters. The summed E-state index contributed by atoms with van der Waals surface area (Å²) in [4.78, 5) is 0. The summed E-state index contributed by atoms with van der Waals surface area (Å²) >= 11 is 2.07. The van der Waals surface area contributed by atoms with Gasteiger partial charge in [-0.05, 0) is 42.5 Å². The Hall–Kier alpha value is -1.19. The molecule has 0 radical (unpaired) electrons. The van der Waals surface area contributed by atoms with Crippen molar-refractivity contribution in [1.82, 2.24) is 0 Å². The molecule has 3 rings (SSSR count). The molecule has 0 saturated carbocycles. The summed E-state index contributed by atoms with van der Waals surface area (Å²) in [5.41, 5.74) is 1.44. The molecule has 0 amide bonds. The zero-order valence-electron chi connectivity index (χ0n) is 12.0. The molecule has 0 aromatic heterocycles. The number of hydrogen-bond donors (Lipinski definition) is 0. The van der Waals surface area contributed by atoms with E-state index >= 15 is 0 Å². The Morgan fingerprint density at radius 3 is 2.65 bits per heavy atom. The quantitative estimate of drug-likeness (QED) is 0.754. The molecule has 1 fully saturated rings. The van der Waals surface area contributed by atoms with Gasteiger partial charge in [-0.2, -0.15) is 11.8 Å². The highest BCUT2D eigenvalue weighted by molar-refractivity contribution is 7.99. The van der Waals surface area contributed by atoms with Crippen LogP contribution in [0.1, 0.15) is 30.6 Å². The Kier molecular flexibility index (Phi) is 4.18. The minimum atomic E-state index is -0.231. The van der Waals surface area contributed by atoms with Crippen molar-refractivity contribution in [3.05, 3.63) is 42.0 Å². The van der Waals surface area contributed by atoms with Crippen LogP contribution < -0.4 is 4.74 Å². The minimum absolute atomic E-state index is 0.231. The van der Waals surface area contributed by atoms with Gasteiger partial charge in [0.05, 0.1) is 0 Å². The van der Waals surface area contributed by atoms with E-state index in [0.29, 0.717) is 5.25 Å². The predicted octanol–water partition coefficient (Wildman–Crippen LogP) is 4.78. The van der Waals surface area contributed by atoms with E-state index in [2.05, 4.69) is 48.2 Å². The van der Waals surface area contributed by atoms with Crippen molar-refractivity contribution in [3.8, 4) is 5.75 Å². The fourth-order valence-corrected chi connectivity index (χ4v) is 4.06. The van der Waals surface area contributed by atoms with Gasteiger partial charge in [0.15, 0.2) is 6.29 Å². The van der Waals surface area contributed by atoms with Gasteiger partial charge >= 0.3 is 0 Å². The average Bonchev–Trinajstić information content (AvgIpc) is 3.01. The summed E-state index contributed by atoms with van der Waals surface area (Å²) < 4.78 is 11.1. The monoisotopic (exact) mass is 288 g/mol. The van der Waals surface area contributed by atoms with E-state index in [1.165, 1.54) is 34.9 Å². The Morgan fingerprint density at radius 1 is 1.15 bits per heavy atom. The summed E-state index contributed by atoms with van der Waals surface area (Å²) in [6.45, 7) is 1.91. The van der Waals surface area contributed by atoms with E-state index in [1.807, 2.05) is 6.92 Å². The van der Waals surface area contributed by atoms with E-state index in [9.17, 15) is 0 Å². The first-order valence-electron chi connectivity index (χ1n) is 7.12. The van der Waals surface area contributed by atoms with Crippen molar-refractivity contribution in [2.45, 2.75) is 31.3 Å². The number of methoxy groups -OCH3 is 1. The van der Waals surface area contributed by atoms with Crippen molar-refractivity contribution in [1.29, 1.82) is 0 Å². The second-order valence-electron chi connectivity index (χ2n) is 5.12. The second-order valence-corrected chi connectivity index (χ2v) is 6.43. The fourth-order valence-electron chi connectivity index (χ4n) is 2.73. The molecular weight excluding hydrogens is 268 g/mol. The van der Waals surface area contributed by atoms with Crippen LogP contribution in [-0.2, 0) is 4.74 Å². The third-order valence-electron chi connectivity index (χ3n) is 3.82. The van der Waals surface area contributed by atoms with Crippen LogP contribution in [0, 0.1) is 0 Å². The number of thioether (sulfide) groups is 1. The van der Waals surface area contributed by atoms with Crippen molar-refractivity contribution in [3.63, 3.8) is 0 Å². The summed E-state index contributed by atoms with van der Waals surface area (Å²) in [6.07, 6.45) is 2.37. The Labute approximate surface area is 124 Å². The Morgan fingerprint density at radius 2 is 1.95 bits per heavy atom. The van der Waals surface area contributed by atoms with Crippen molar-refractivity contribution in [2.75, 3.05) is 12.9 Å². The normalized spacial score (nSPS) is 20.2. The first-order chi connectivity index (χ1) is 9.79. The molecule has 0 spiro atoms. The third-order valence-corrected chi connectivity index (χ3v) is 5.24. The van der Waals surface area contributed by atoms with Gasteiger partial charge in [0.25, 0.3) is 0 Å². The molecule has 20 heavy (non-hydrogen) atoms. The fraction of sp³-hybridized carbons (Fsp3) is 0.412. The summed E-state index contributed by atoms with van der Waals surface area (Å²) in [5.74, 6) is 2.18. The maximum atomic E-state index is 5.87. The Bertz CT molecular complexity index is 591. The first kappa shape index (κ1) is 13.8. The van der Waals surface area contributed by atoms with Crippen molar-refractivity contribution < 1.29 is 9.47 Å². The molecule has 0 N–H and O–H groups in total. The minimum Gasteiger partial charge on any atom is -0.465 e. The lowest BCUT2D eigenvalue weighted by molar-refractivity contribution is -0.0373. The maximum absolute atomic E-state index is 5.87. The number of hydrogen-bond acceptors (Lipinski definition) is 3. The molecule has 0 aliphatic carbocycles. The van der Waals surface area contributed by atoms with Crippen LogP contribution in [0.2, 0.25) is 0 Å². The lowest BCUT2D eigenvalue weighted by atomic mass is 9.99. The molecule has 1 heterocycles. The van der Waals surface area contributed by atoms with Gasteiger partial charge in [0.1, 0.15) is 5.75 Å². The van der Waals surface area contributed by atoms with E-state index in [-0.39, 0.29) is 6.29 Å². The van der Waals surface area contributed by atoms with Crippen LogP contribution >= 0.6 is 11.8 Å². The van der Waals surface area contributed by atoms with Crippen molar-refractivity contribution in [2.24, 2.45) is 0 Å². The SMILES string of the molecule is COC(C)Oc1ccc(C2CCCS2)c2ccccc12. The lowest BCUT2D eigenvalue weighted by Crippen LogP contribution is -2.13. The number of rotatable bonds is 4. The molecule has 2 aromatic rings. The molecule has 2 nitrogen and oxygen atoms in total. The van der Waals surface area contributed by atoms with Crippen LogP contribution in [-0.4, -0.2) is 19.2 Å². The van der Waals surface area contributed by atoms with Crippen LogP contribution in [0.15, 0.2) is 36.4 Å². The molecule has 1 aliphatic rings. The standard InChI is InChI=1S/C17H20O2S/c1-12(18-2)19-16-10-9-15(17-8-5-11-20-17)13-6-3-4-7-14(13)16/h3-4,6-7,9-10,12,17H,5,8,11H2,1-2H3. The van der Waals surface area contributed by atoms with E-state index in [0.717, 1.165) is 5.75 Å². The van der Waals surface area contributed by atoms with Gasteiger partial charge in [0.2, 0.25) is 0 Å². The van der Waals surface area contributed by atoms with E-state index in [4.69, 9.17) is 9.47 Å². The van der Waals surface area contributed by atoms with E-state index < -0.39 is 0 Å². The van der Waals surface area contributed by atoms with Crippen LogP contribution in [0.5, 0.6) is 5.75 Å². The second kappa shape index (κ2) is 6.06. The zero-order chi connectivity index (χ0) is 13.9. The van der Waals surface area contributed by atoms with E-state index in [1.54, 1.807) is 7.11 Å². The molecule has 1 saturated heterocycles.